The molecule has 0 spiro atoms. The average Bonchev–Trinajstić information content (AvgIpc) is 1.94. The first-order valence-corrected chi connectivity index (χ1v) is 3.83. The molecule has 10 heavy (non-hydrogen) atoms. The number of nitrogens with zero attached hydrogens (tertiary/aromatic N) is 1. The predicted molar refractivity (Wildman–Crippen MR) is 42.7 cm³/mol. The van der Waals surface area contributed by atoms with Gasteiger partial charge in [0, 0.05) is 23.5 Å². The second kappa shape index (κ2) is 3.68. The van der Waals surface area contributed by atoms with Crippen LogP contribution in [-0.2, 0) is 6.42 Å². The number of aliphatic hydroxyl groups is 1. The molecule has 0 aliphatic heterocycles. The third-order valence-corrected chi connectivity index (χ3v) is 1.95. The molecule has 0 saturated heterocycles. The Balaban J connectivity index is 2.81. The lowest BCUT2D eigenvalue weighted by atomic mass is 10.2. The van der Waals surface area contributed by atoms with E-state index in [0.717, 1.165) is 10.0 Å². The molecule has 1 heterocycles. The molecule has 3 heteroatoms. The van der Waals surface area contributed by atoms with Crippen molar-refractivity contribution in [3.05, 3.63) is 28.5 Å². The molecular weight excluding hydrogens is 194 g/mol. The number of rotatable bonds is 2. The smallest absolute Gasteiger partial charge is 0.0471 e. The van der Waals surface area contributed by atoms with Gasteiger partial charge in [0.15, 0.2) is 0 Å². The van der Waals surface area contributed by atoms with Crippen LogP contribution in [0.2, 0.25) is 0 Å². The average molecular weight is 202 g/mol. The summed E-state index contributed by atoms with van der Waals surface area (Å²) >= 11 is 3.32. The summed E-state index contributed by atoms with van der Waals surface area (Å²) in [4.78, 5) is 3.90. The van der Waals surface area contributed by atoms with Crippen LogP contribution in [0.1, 0.15) is 5.56 Å². The molecule has 0 radical (unpaired) electrons. The number of hydrogen-bond donors (Lipinski definition) is 1. The summed E-state index contributed by atoms with van der Waals surface area (Å²) in [5.41, 5.74) is 1.09. The zero-order chi connectivity index (χ0) is 7.40. The minimum atomic E-state index is 0.183. The Morgan fingerprint density at radius 1 is 1.60 bits per heavy atom. The maximum Gasteiger partial charge on any atom is 0.0471 e. The minimum Gasteiger partial charge on any atom is -0.396 e. The van der Waals surface area contributed by atoms with E-state index in [1.165, 1.54) is 0 Å². The summed E-state index contributed by atoms with van der Waals surface area (Å²) in [5.74, 6) is 0. The highest BCUT2D eigenvalue weighted by molar-refractivity contribution is 9.10. The Morgan fingerprint density at radius 3 is 3.00 bits per heavy atom. The van der Waals surface area contributed by atoms with Crippen LogP contribution >= 0.6 is 15.9 Å². The van der Waals surface area contributed by atoms with Crippen molar-refractivity contribution in [2.75, 3.05) is 6.61 Å². The Kier molecular flexibility index (Phi) is 2.83. The number of pyridine rings is 1. The van der Waals surface area contributed by atoms with Crippen LogP contribution in [0.5, 0.6) is 0 Å². The van der Waals surface area contributed by atoms with Crippen LogP contribution in [0.3, 0.4) is 0 Å². The molecule has 0 bridgehead atoms. The molecule has 2 nitrogen and oxygen atoms in total. The fourth-order valence-electron chi connectivity index (χ4n) is 0.727. The van der Waals surface area contributed by atoms with Gasteiger partial charge in [0.1, 0.15) is 0 Å². The standard InChI is InChI=1S/C7H8BrNO/c8-7-5-9-3-1-6(7)2-4-10/h1,3,5,10H,2,4H2. The van der Waals surface area contributed by atoms with Crippen molar-refractivity contribution >= 4 is 15.9 Å². The van der Waals surface area contributed by atoms with Gasteiger partial charge in [-0.2, -0.15) is 0 Å². The van der Waals surface area contributed by atoms with Crippen LogP contribution in [0, 0.1) is 0 Å². The Labute approximate surface area is 68.0 Å². The number of halogens is 1. The number of hydrogen-bond acceptors (Lipinski definition) is 2. The van der Waals surface area contributed by atoms with Gasteiger partial charge in [-0.15, -0.1) is 0 Å². The van der Waals surface area contributed by atoms with Crippen molar-refractivity contribution in [2.45, 2.75) is 6.42 Å². The predicted octanol–water partition coefficient (Wildman–Crippen LogP) is 1.38. The molecule has 0 aromatic carbocycles. The zero-order valence-corrected chi connectivity index (χ0v) is 7.00. The summed E-state index contributed by atoms with van der Waals surface area (Å²) in [7, 11) is 0. The van der Waals surface area contributed by atoms with Crippen LogP contribution in [0.4, 0.5) is 0 Å². The van der Waals surface area contributed by atoms with E-state index in [4.69, 9.17) is 5.11 Å². The van der Waals surface area contributed by atoms with Crippen LogP contribution in [-0.4, -0.2) is 16.7 Å². The molecule has 1 aromatic heterocycles. The van der Waals surface area contributed by atoms with E-state index >= 15 is 0 Å². The monoisotopic (exact) mass is 201 g/mol. The highest BCUT2D eigenvalue weighted by Crippen LogP contribution is 2.13. The third-order valence-electron chi connectivity index (χ3n) is 1.24. The first kappa shape index (κ1) is 7.69. The van der Waals surface area contributed by atoms with E-state index in [0.29, 0.717) is 6.42 Å². The van der Waals surface area contributed by atoms with Gasteiger partial charge >= 0.3 is 0 Å². The van der Waals surface area contributed by atoms with Gasteiger partial charge in [0.05, 0.1) is 0 Å². The summed E-state index contributed by atoms with van der Waals surface area (Å²) in [6.45, 7) is 0.183. The molecular formula is C7H8BrNO. The SMILES string of the molecule is OCCc1ccncc1Br. The fourth-order valence-corrected chi connectivity index (χ4v) is 1.18. The lowest BCUT2D eigenvalue weighted by molar-refractivity contribution is 0.299. The molecule has 54 valence electrons. The Hall–Kier alpha value is -0.410. The van der Waals surface area contributed by atoms with Gasteiger partial charge in [0.25, 0.3) is 0 Å². The maximum absolute atomic E-state index is 8.60. The van der Waals surface area contributed by atoms with Crippen molar-refractivity contribution < 1.29 is 5.11 Å². The molecule has 0 fully saturated rings. The summed E-state index contributed by atoms with van der Waals surface area (Å²) in [6.07, 6.45) is 4.13. The van der Waals surface area contributed by atoms with Gasteiger partial charge in [0.2, 0.25) is 0 Å². The van der Waals surface area contributed by atoms with Crippen molar-refractivity contribution in [2.24, 2.45) is 0 Å². The third kappa shape index (κ3) is 1.78. The first-order chi connectivity index (χ1) is 4.84. The minimum absolute atomic E-state index is 0.183. The van der Waals surface area contributed by atoms with E-state index < -0.39 is 0 Å². The van der Waals surface area contributed by atoms with Crippen molar-refractivity contribution in [3.63, 3.8) is 0 Å². The van der Waals surface area contributed by atoms with Gasteiger partial charge in [-0.1, -0.05) is 0 Å². The molecule has 0 aliphatic rings. The number of aliphatic hydroxyl groups excluding tert-OH is 1. The fraction of sp³-hybridized carbons (Fsp3) is 0.286. The van der Waals surface area contributed by atoms with Crippen molar-refractivity contribution in [3.8, 4) is 0 Å². The molecule has 0 amide bonds. The second-order valence-corrected chi connectivity index (χ2v) is 2.80. The Bertz CT molecular complexity index is 215. The van der Waals surface area contributed by atoms with E-state index in [1.54, 1.807) is 12.4 Å². The highest BCUT2D eigenvalue weighted by atomic mass is 79.9. The van der Waals surface area contributed by atoms with Gasteiger partial charge in [-0.3, -0.25) is 4.98 Å². The first-order valence-electron chi connectivity index (χ1n) is 3.04. The zero-order valence-electron chi connectivity index (χ0n) is 5.42. The van der Waals surface area contributed by atoms with Crippen LogP contribution in [0.25, 0.3) is 0 Å². The molecule has 1 N–H and O–H groups in total. The van der Waals surface area contributed by atoms with Gasteiger partial charge < -0.3 is 5.11 Å². The van der Waals surface area contributed by atoms with Crippen molar-refractivity contribution in [1.82, 2.24) is 4.98 Å². The van der Waals surface area contributed by atoms with E-state index in [9.17, 15) is 0 Å². The lowest BCUT2D eigenvalue weighted by Gasteiger charge is -1.98. The van der Waals surface area contributed by atoms with E-state index in [1.807, 2.05) is 6.07 Å². The Morgan fingerprint density at radius 2 is 2.40 bits per heavy atom. The molecule has 0 unspecified atom stereocenters. The molecule has 1 aromatic rings. The second-order valence-electron chi connectivity index (χ2n) is 1.94. The van der Waals surface area contributed by atoms with E-state index in [-0.39, 0.29) is 6.61 Å². The van der Waals surface area contributed by atoms with Gasteiger partial charge in [-0.25, -0.2) is 0 Å². The van der Waals surface area contributed by atoms with Crippen LogP contribution in [0.15, 0.2) is 22.9 Å². The molecule has 0 atom stereocenters. The van der Waals surface area contributed by atoms with Crippen molar-refractivity contribution in [1.29, 1.82) is 0 Å². The van der Waals surface area contributed by atoms with Crippen LogP contribution < -0.4 is 0 Å². The normalized spacial score (nSPS) is 9.80. The quantitative estimate of drug-likeness (QED) is 0.785. The number of aromatic nitrogens is 1. The largest absolute Gasteiger partial charge is 0.396 e. The van der Waals surface area contributed by atoms with Gasteiger partial charge in [-0.05, 0) is 34.0 Å². The lowest BCUT2D eigenvalue weighted by Crippen LogP contribution is -1.91. The topological polar surface area (TPSA) is 33.1 Å². The summed E-state index contributed by atoms with van der Waals surface area (Å²) in [5, 5.41) is 8.60. The summed E-state index contributed by atoms with van der Waals surface area (Å²) in [6, 6.07) is 1.89. The highest BCUT2D eigenvalue weighted by Gasteiger charge is 1.95. The maximum atomic E-state index is 8.60. The molecule has 0 aliphatic carbocycles. The van der Waals surface area contributed by atoms with E-state index in [2.05, 4.69) is 20.9 Å². The summed E-state index contributed by atoms with van der Waals surface area (Å²) < 4.78 is 0.962. The molecule has 0 saturated carbocycles. The molecule has 1 rings (SSSR count).